The van der Waals surface area contributed by atoms with Gasteiger partial charge in [0.1, 0.15) is 0 Å². The van der Waals surface area contributed by atoms with Gasteiger partial charge in [-0.25, -0.2) is 0 Å². The maximum Gasteiger partial charge on any atom is 0.281 e. The number of aliphatic hydroxyl groups is 1. The van der Waals surface area contributed by atoms with E-state index in [9.17, 15) is 9.59 Å². The number of nitrogens with zero attached hydrogens (tertiary/aromatic N) is 1. The van der Waals surface area contributed by atoms with Crippen molar-refractivity contribution < 1.29 is 14.7 Å². The normalized spacial score (nSPS) is 15.6. The Morgan fingerprint density at radius 3 is 2.94 bits per heavy atom. The zero-order valence-electron chi connectivity index (χ0n) is 9.28. The highest BCUT2D eigenvalue weighted by Crippen LogP contribution is 2.16. The summed E-state index contributed by atoms with van der Waals surface area (Å²) in [5, 5.41) is 11.4. The van der Waals surface area contributed by atoms with E-state index in [0.717, 1.165) is 18.7 Å². The lowest BCUT2D eigenvalue weighted by atomic mass is 10.3. The fourth-order valence-corrected chi connectivity index (χ4v) is 2.27. The molecule has 2 amide bonds. The molecule has 1 saturated heterocycles. The highest BCUT2D eigenvalue weighted by atomic mass is 32.2. The largest absolute Gasteiger partial charge is 0.396 e. The summed E-state index contributed by atoms with van der Waals surface area (Å²) in [5.41, 5.74) is 0. The first-order valence-electron chi connectivity index (χ1n) is 5.53. The molecule has 5 nitrogen and oxygen atoms in total. The number of hydrogen-bond acceptors (Lipinski definition) is 4. The van der Waals surface area contributed by atoms with Crippen molar-refractivity contribution in [3.05, 3.63) is 0 Å². The molecule has 1 heterocycles. The molecule has 0 atom stereocenters. The van der Waals surface area contributed by atoms with Crippen LogP contribution in [0.4, 0.5) is 4.79 Å². The molecule has 0 aromatic carbocycles. The minimum absolute atomic E-state index is 0.0253. The van der Waals surface area contributed by atoms with Gasteiger partial charge in [0.2, 0.25) is 5.91 Å². The van der Waals surface area contributed by atoms with Crippen molar-refractivity contribution in [2.45, 2.75) is 19.3 Å². The SMILES string of the molecule is O=C(CCN1CCSC1=O)NCCCCO. The van der Waals surface area contributed by atoms with Crippen LogP contribution in [0.15, 0.2) is 0 Å². The Kier molecular flexibility index (Phi) is 6.25. The molecule has 16 heavy (non-hydrogen) atoms. The average molecular weight is 246 g/mol. The highest BCUT2D eigenvalue weighted by Gasteiger charge is 2.20. The molecule has 1 aliphatic rings. The molecule has 0 bridgehead atoms. The van der Waals surface area contributed by atoms with Crippen LogP contribution >= 0.6 is 11.8 Å². The van der Waals surface area contributed by atoms with Crippen LogP contribution in [-0.2, 0) is 4.79 Å². The van der Waals surface area contributed by atoms with E-state index in [0.29, 0.717) is 25.9 Å². The molecule has 1 rings (SSSR count). The summed E-state index contributed by atoms with van der Waals surface area (Å²) in [6.45, 7) is 2.02. The molecule has 92 valence electrons. The van der Waals surface area contributed by atoms with Gasteiger partial charge in [0.15, 0.2) is 0 Å². The molecular weight excluding hydrogens is 228 g/mol. The standard InChI is InChI=1S/C10H18N2O3S/c13-7-2-1-4-11-9(14)3-5-12-6-8-16-10(12)15/h13H,1-8H2,(H,11,14). The Labute approximate surface area is 99.6 Å². The fraction of sp³-hybridized carbons (Fsp3) is 0.800. The van der Waals surface area contributed by atoms with E-state index in [1.54, 1.807) is 4.90 Å². The molecular formula is C10H18N2O3S. The molecule has 0 saturated carbocycles. The number of aliphatic hydroxyl groups excluding tert-OH is 1. The van der Waals surface area contributed by atoms with Gasteiger partial charge < -0.3 is 15.3 Å². The van der Waals surface area contributed by atoms with Gasteiger partial charge in [-0.2, -0.15) is 0 Å². The summed E-state index contributed by atoms with van der Waals surface area (Å²) in [6.07, 6.45) is 1.87. The van der Waals surface area contributed by atoms with E-state index in [1.807, 2.05) is 0 Å². The monoisotopic (exact) mass is 246 g/mol. The zero-order valence-corrected chi connectivity index (χ0v) is 10.1. The van der Waals surface area contributed by atoms with Gasteiger partial charge in [0.25, 0.3) is 5.24 Å². The molecule has 0 aliphatic carbocycles. The highest BCUT2D eigenvalue weighted by molar-refractivity contribution is 8.13. The van der Waals surface area contributed by atoms with Crippen LogP contribution in [0.25, 0.3) is 0 Å². The summed E-state index contributed by atoms with van der Waals surface area (Å²) in [7, 11) is 0. The van der Waals surface area contributed by atoms with Gasteiger partial charge >= 0.3 is 0 Å². The molecule has 0 spiro atoms. The number of nitrogens with one attached hydrogen (secondary N) is 1. The quantitative estimate of drug-likeness (QED) is 0.639. The first kappa shape index (κ1) is 13.3. The van der Waals surface area contributed by atoms with E-state index in [4.69, 9.17) is 5.11 Å². The third kappa shape index (κ3) is 4.85. The van der Waals surface area contributed by atoms with Crippen LogP contribution in [0, 0.1) is 0 Å². The number of hydrogen-bond donors (Lipinski definition) is 2. The molecule has 2 N–H and O–H groups in total. The second kappa shape index (κ2) is 7.51. The molecule has 0 radical (unpaired) electrons. The second-order valence-corrected chi connectivity index (χ2v) is 4.68. The molecule has 6 heteroatoms. The van der Waals surface area contributed by atoms with Crippen molar-refractivity contribution in [1.29, 1.82) is 0 Å². The van der Waals surface area contributed by atoms with Crippen LogP contribution in [0.1, 0.15) is 19.3 Å². The molecule has 0 aromatic rings. The van der Waals surface area contributed by atoms with Gasteiger partial charge in [-0.3, -0.25) is 9.59 Å². The van der Waals surface area contributed by atoms with E-state index >= 15 is 0 Å². The molecule has 0 aromatic heterocycles. The van der Waals surface area contributed by atoms with E-state index in [1.165, 1.54) is 11.8 Å². The topological polar surface area (TPSA) is 69.6 Å². The van der Waals surface area contributed by atoms with Crippen LogP contribution < -0.4 is 5.32 Å². The maximum absolute atomic E-state index is 11.4. The van der Waals surface area contributed by atoms with Crippen molar-refractivity contribution in [3.63, 3.8) is 0 Å². The predicted octanol–water partition coefficient (Wildman–Crippen LogP) is 0.434. The second-order valence-electron chi connectivity index (χ2n) is 3.63. The fourth-order valence-electron chi connectivity index (χ4n) is 1.42. The van der Waals surface area contributed by atoms with E-state index in [2.05, 4.69) is 5.32 Å². The molecule has 1 fully saturated rings. The zero-order chi connectivity index (χ0) is 11.8. The van der Waals surface area contributed by atoms with Crippen LogP contribution in [0.2, 0.25) is 0 Å². The Bertz CT molecular complexity index is 248. The van der Waals surface area contributed by atoms with Gasteiger partial charge in [-0.15, -0.1) is 0 Å². The van der Waals surface area contributed by atoms with Crippen LogP contribution in [-0.4, -0.2) is 53.1 Å². The first-order valence-corrected chi connectivity index (χ1v) is 6.52. The average Bonchev–Trinajstić information content (AvgIpc) is 2.67. The Hall–Kier alpha value is -0.750. The Morgan fingerprint density at radius 2 is 2.31 bits per heavy atom. The maximum atomic E-state index is 11.4. The molecule has 0 unspecified atom stereocenters. The lowest BCUT2D eigenvalue weighted by Gasteiger charge is -2.13. The number of amides is 2. The van der Waals surface area contributed by atoms with E-state index in [-0.39, 0.29) is 17.8 Å². The van der Waals surface area contributed by atoms with Gasteiger partial charge in [0.05, 0.1) is 0 Å². The summed E-state index contributed by atoms with van der Waals surface area (Å²) >= 11 is 1.31. The van der Waals surface area contributed by atoms with Crippen LogP contribution in [0.3, 0.4) is 0 Å². The van der Waals surface area contributed by atoms with Crippen molar-refractivity contribution in [1.82, 2.24) is 10.2 Å². The number of carbonyl (C=O) groups is 2. The minimum atomic E-state index is -0.0253. The van der Waals surface area contributed by atoms with Crippen molar-refractivity contribution in [2.24, 2.45) is 0 Å². The summed E-state index contributed by atoms with van der Waals surface area (Å²) in [4.78, 5) is 24.3. The first-order chi connectivity index (χ1) is 7.74. The lowest BCUT2D eigenvalue weighted by Crippen LogP contribution is -2.31. The Balaban J connectivity index is 2.03. The number of carbonyl (C=O) groups excluding carboxylic acids is 2. The van der Waals surface area contributed by atoms with Crippen molar-refractivity contribution >= 4 is 22.9 Å². The van der Waals surface area contributed by atoms with Gasteiger partial charge in [-0.05, 0) is 12.8 Å². The van der Waals surface area contributed by atoms with E-state index < -0.39 is 0 Å². The predicted molar refractivity (Wildman–Crippen MR) is 63.4 cm³/mol. The number of unbranched alkanes of at least 4 members (excludes halogenated alkanes) is 1. The third-order valence-electron chi connectivity index (χ3n) is 2.36. The molecule has 1 aliphatic heterocycles. The summed E-state index contributed by atoms with van der Waals surface area (Å²) < 4.78 is 0. The van der Waals surface area contributed by atoms with Crippen LogP contribution in [0.5, 0.6) is 0 Å². The Morgan fingerprint density at radius 1 is 1.50 bits per heavy atom. The summed E-state index contributed by atoms with van der Waals surface area (Å²) in [5.74, 6) is 0.805. The summed E-state index contributed by atoms with van der Waals surface area (Å²) in [6, 6.07) is 0. The number of rotatable bonds is 7. The van der Waals surface area contributed by atoms with Crippen molar-refractivity contribution in [3.8, 4) is 0 Å². The lowest BCUT2D eigenvalue weighted by molar-refractivity contribution is -0.121. The smallest absolute Gasteiger partial charge is 0.281 e. The minimum Gasteiger partial charge on any atom is -0.396 e. The van der Waals surface area contributed by atoms with Gasteiger partial charge in [-0.1, -0.05) is 11.8 Å². The number of thioether (sulfide) groups is 1. The van der Waals surface area contributed by atoms with Gasteiger partial charge in [0, 0.05) is 38.4 Å². The third-order valence-corrected chi connectivity index (χ3v) is 3.25. The van der Waals surface area contributed by atoms with Crippen molar-refractivity contribution in [2.75, 3.05) is 32.0 Å².